The van der Waals surface area contributed by atoms with Crippen molar-refractivity contribution in [2.75, 3.05) is 74.3 Å². The minimum absolute atomic E-state index is 0.0252. The van der Waals surface area contributed by atoms with Crippen LogP contribution in [0.3, 0.4) is 0 Å². The van der Waals surface area contributed by atoms with Crippen molar-refractivity contribution in [2.24, 2.45) is 5.41 Å². The van der Waals surface area contributed by atoms with E-state index in [9.17, 15) is 23.3 Å². The highest BCUT2D eigenvalue weighted by Gasteiger charge is 2.55. The van der Waals surface area contributed by atoms with Crippen LogP contribution >= 0.6 is 0 Å². The van der Waals surface area contributed by atoms with Crippen LogP contribution in [0, 0.1) is 15.5 Å². The topological polar surface area (TPSA) is 197 Å². The Morgan fingerprint density at radius 3 is 2.67 bits per heavy atom. The number of benzene rings is 3. The summed E-state index contributed by atoms with van der Waals surface area (Å²) >= 11 is 0. The van der Waals surface area contributed by atoms with Crippen molar-refractivity contribution in [3.8, 4) is 11.6 Å². The minimum Gasteiger partial charge on any atom is -0.489 e. The zero-order chi connectivity index (χ0) is 47.6. The van der Waals surface area contributed by atoms with Crippen molar-refractivity contribution in [3.05, 3.63) is 99.7 Å². The third kappa shape index (κ3) is 7.37. The monoisotopic (exact) mass is 971 g/mol. The lowest BCUT2D eigenvalue weighted by molar-refractivity contribution is -0.384. The Hall–Kier alpha value is -5.99. The van der Waals surface area contributed by atoms with Gasteiger partial charge in [0.2, 0.25) is 5.88 Å². The highest BCUT2D eigenvalue weighted by Crippen LogP contribution is 2.55. The molecule has 1 saturated carbocycles. The van der Waals surface area contributed by atoms with Gasteiger partial charge in [-0.2, -0.15) is 4.98 Å². The van der Waals surface area contributed by atoms with Gasteiger partial charge in [-0.25, -0.2) is 13.1 Å². The molecule has 5 aromatic rings. The number of sulfonamides is 1. The van der Waals surface area contributed by atoms with E-state index in [1.54, 1.807) is 12.3 Å². The van der Waals surface area contributed by atoms with Crippen LogP contribution in [0.5, 0.6) is 11.6 Å². The summed E-state index contributed by atoms with van der Waals surface area (Å²) in [5, 5.41) is 16.6. The summed E-state index contributed by atoms with van der Waals surface area (Å²) in [6.45, 7) is 10.2. The van der Waals surface area contributed by atoms with E-state index in [-0.39, 0.29) is 47.2 Å². The summed E-state index contributed by atoms with van der Waals surface area (Å²) in [4.78, 5) is 43.5. The molecule has 13 rings (SSSR count). The van der Waals surface area contributed by atoms with E-state index in [4.69, 9.17) is 23.9 Å². The molecular formula is C51H57N9O9S. The number of carbonyl (C=O) groups excluding carboxylic acids is 1. The molecule has 70 heavy (non-hydrogen) atoms. The van der Waals surface area contributed by atoms with Gasteiger partial charge in [0, 0.05) is 79.1 Å². The maximum atomic E-state index is 14.7. The summed E-state index contributed by atoms with van der Waals surface area (Å²) in [5.74, 6) is -0.0367. The van der Waals surface area contributed by atoms with Gasteiger partial charge in [-0.05, 0) is 86.0 Å². The molecule has 8 aliphatic rings. The van der Waals surface area contributed by atoms with E-state index in [2.05, 4.69) is 67.8 Å². The first kappa shape index (κ1) is 44.0. The number of amides is 1. The largest absolute Gasteiger partial charge is 0.489 e. The molecule has 1 aliphatic carbocycles. The Labute approximate surface area is 405 Å². The molecule has 2 aromatic heterocycles. The van der Waals surface area contributed by atoms with E-state index < -0.39 is 37.5 Å². The molecule has 0 radical (unpaired) electrons. The molecule has 3 N–H and O–H groups in total. The van der Waals surface area contributed by atoms with Crippen LogP contribution in [0.4, 0.5) is 28.4 Å². The van der Waals surface area contributed by atoms with Crippen LogP contribution in [0.25, 0.3) is 11.0 Å². The molecule has 366 valence electrons. The smallest absolute Gasteiger partial charge is 0.297 e. The molecule has 6 fully saturated rings. The number of rotatable bonds is 11. The number of nitrogens with one attached hydrogen (secondary N) is 3. The maximum absolute atomic E-state index is 14.7. The Morgan fingerprint density at radius 2 is 1.87 bits per heavy atom. The van der Waals surface area contributed by atoms with E-state index in [0.717, 1.165) is 62.6 Å². The molecule has 9 heterocycles. The summed E-state index contributed by atoms with van der Waals surface area (Å²) < 4.78 is 55.1. The summed E-state index contributed by atoms with van der Waals surface area (Å²) in [5.41, 5.74) is 5.48. The molecule has 2 bridgehead atoms. The van der Waals surface area contributed by atoms with Crippen LogP contribution in [-0.2, 0) is 19.5 Å². The average molecular weight is 972 g/mol. The Kier molecular flexibility index (Phi) is 10.4. The number of likely N-dealkylation sites (tertiary alicyclic amines) is 2. The number of pyridine rings is 1. The number of hydrogen-bond donors (Lipinski definition) is 3. The summed E-state index contributed by atoms with van der Waals surface area (Å²) in [6.07, 6.45) is 7.18. The first-order chi connectivity index (χ1) is 33.9. The first-order valence-corrected chi connectivity index (χ1v) is 26.3. The minimum atomic E-state index is -4.69. The second-order valence-electron chi connectivity index (χ2n) is 21.1. The number of anilines is 4. The highest BCUT2D eigenvalue weighted by atomic mass is 32.2. The van der Waals surface area contributed by atoms with Crippen molar-refractivity contribution in [3.63, 3.8) is 0 Å². The lowest BCUT2D eigenvalue weighted by Crippen LogP contribution is -2.66. The SMILES string of the molecule is CC(C)c1ccccc1[C@@H]1CCCN1C1CC2(C1)CN(c1ccc(C(=O)NS(=O)(=O)c3cc4c(c([N+](=O)[O-])c3)N[C@H](CN3C[C@@H]5C[C@H]3CO5)CO4)c(N3c4cc5cc[nH]c5nc4O[C@H]4COC[C@@H]43)c1)C2. The van der Waals surface area contributed by atoms with Gasteiger partial charge in [-0.15, -0.1) is 0 Å². The van der Waals surface area contributed by atoms with E-state index in [0.29, 0.717) is 73.3 Å². The molecule has 18 nitrogen and oxygen atoms in total. The molecule has 3 aromatic carbocycles. The number of ether oxygens (including phenoxy) is 4. The van der Waals surface area contributed by atoms with Crippen LogP contribution in [0.2, 0.25) is 0 Å². The number of nitrogens with zero attached hydrogens (tertiary/aromatic N) is 6. The average Bonchev–Trinajstić information content (AvgIpc) is 4.19. The molecule has 6 atom stereocenters. The Morgan fingerprint density at radius 1 is 1.01 bits per heavy atom. The Balaban J connectivity index is 0.787. The third-order valence-corrected chi connectivity index (χ3v) is 17.7. The summed E-state index contributed by atoms with van der Waals surface area (Å²) in [6, 6.07) is 21.2. The predicted octanol–water partition coefficient (Wildman–Crippen LogP) is 6.46. The van der Waals surface area contributed by atoms with Crippen LogP contribution in [-0.4, -0.2) is 135 Å². The number of fused-ring (bicyclic) bond motifs is 6. The number of carbonyl (C=O) groups is 1. The van der Waals surface area contributed by atoms with Crippen molar-refractivity contribution in [1.82, 2.24) is 24.5 Å². The lowest BCUT2D eigenvalue weighted by atomic mass is 9.60. The molecule has 19 heteroatoms. The van der Waals surface area contributed by atoms with Gasteiger partial charge in [0.1, 0.15) is 24.0 Å². The zero-order valence-corrected chi connectivity index (χ0v) is 40.0. The van der Waals surface area contributed by atoms with E-state index >= 15 is 0 Å². The quantitative estimate of drug-likeness (QED) is 0.0963. The number of nitro groups is 1. The molecule has 5 saturated heterocycles. The van der Waals surface area contributed by atoms with Gasteiger partial charge >= 0.3 is 0 Å². The van der Waals surface area contributed by atoms with Crippen molar-refractivity contribution in [2.45, 2.75) is 99.2 Å². The number of aromatic amines is 1. The molecule has 1 amide bonds. The molecular weight excluding hydrogens is 915 g/mol. The van der Waals surface area contributed by atoms with Crippen molar-refractivity contribution in [1.29, 1.82) is 0 Å². The zero-order valence-electron chi connectivity index (χ0n) is 39.2. The van der Waals surface area contributed by atoms with Gasteiger partial charge in [0.25, 0.3) is 21.6 Å². The predicted molar refractivity (Wildman–Crippen MR) is 261 cm³/mol. The molecule has 7 aliphatic heterocycles. The fraction of sp³-hybridized carbons (Fsp3) is 0.490. The van der Waals surface area contributed by atoms with Crippen molar-refractivity contribution < 1.29 is 37.1 Å². The van der Waals surface area contributed by atoms with Crippen LogP contribution in [0.15, 0.2) is 77.8 Å². The number of nitro benzene ring substituents is 1. The Bertz CT molecular complexity index is 3040. The number of hydrogen-bond acceptors (Lipinski definition) is 15. The fourth-order valence-electron chi connectivity index (χ4n) is 13.0. The second-order valence-corrected chi connectivity index (χ2v) is 22.8. The highest BCUT2D eigenvalue weighted by molar-refractivity contribution is 7.90. The van der Waals surface area contributed by atoms with Gasteiger partial charge in [-0.1, -0.05) is 38.1 Å². The van der Waals surface area contributed by atoms with E-state index in [1.165, 1.54) is 30.0 Å². The second kappa shape index (κ2) is 16.5. The maximum Gasteiger partial charge on any atom is 0.297 e. The van der Waals surface area contributed by atoms with Crippen LogP contribution in [0.1, 0.15) is 79.4 Å². The molecule has 1 spiro atoms. The lowest BCUT2D eigenvalue weighted by Gasteiger charge is -2.62. The first-order valence-electron chi connectivity index (χ1n) is 24.8. The van der Waals surface area contributed by atoms with Gasteiger partial charge in [0.15, 0.2) is 11.4 Å². The standard InChI is InChI=1S/C51H57N9O9S/c1-29(2)37-6-3-4-7-38(37)40-8-5-13-58(40)34-19-51(20-34)27-57(28-51)32-9-10-39(41(16-32)59-43-14-30-11-12-52-48(30)54-50(43)69-46-26-66-25-44(46)59)49(61)55-70(64,65)36-17-42(60(62)63)47-45(18-36)68-23-31(53-47)21-56-22-35-15-33(56)24-67-35/h3-4,6-7,9-12,14,16-18,29,31,33-35,40,44,46,53H,5,8,13,15,19-28H2,1-2H3,(H,52,54)(H,55,61)/t31-,33+,35+,40+,44+,46+/m1/s1. The van der Waals surface area contributed by atoms with Gasteiger partial charge in [-0.3, -0.25) is 24.7 Å². The number of morpholine rings is 1. The van der Waals surface area contributed by atoms with Crippen molar-refractivity contribution >= 4 is 55.4 Å². The van der Waals surface area contributed by atoms with E-state index in [1.807, 2.05) is 29.2 Å². The number of H-pyrrole nitrogens is 1. The van der Waals surface area contributed by atoms with Gasteiger partial charge in [0.05, 0.1) is 59.1 Å². The third-order valence-electron chi connectivity index (χ3n) is 16.4. The molecule has 0 unspecified atom stereocenters. The number of aromatic nitrogens is 2. The fourth-order valence-corrected chi connectivity index (χ4v) is 14.0. The van der Waals surface area contributed by atoms with Gasteiger partial charge < -0.3 is 39.0 Å². The normalized spacial score (nSPS) is 26.8. The van der Waals surface area contributed by atoms with Crippen LogP contribution < -0.4 is 29.3 Å². The summed E-state index contributed by atoms with van der Waals surface area (Å²) in [7, 11) is -4.69.